The Labute approximate surface area is 85.1 Å². The molecule has 0 aliphatic heterocycles. The Morgan fingerprint density at radius 1 is 1.67 bits per heavy atom. The minimum atomic E-state index is -2.73. The second kappa shape index (κ2) is 4.79. The van der Waals surface area contributed by atoms with Gasteiger partial charge in [0.1, 0.15) is 5.69 Å². The molecule has 6 heteroatoms. The van der Waals surface area contributed by atoms with Crippen LogP contribution in [-0.4, -0.2) is 18.4 Å². The molecule has 0 fully saturated rings. The summed E-state index contributed by atoms with van der Waals surface area (Å²) in [5.41, 5.74) is 5.14. The van der Waals surface area contributed by atoms with Crippen LogP contribution >= 0.6 is 0 Å². The average Bonchev–Trinajstić information content (AvgIpc) is 2.26. The van der Waals surface area contributed by atoms with Gasteiger partial charge in [-0.15, -0.1) is 0 Å². The van der Waals surface area contributed by atoms with Crippen molar-refractivity contribution in [2.75, 3.05) is 7.11 Å². The van der Waals surface area contributed by atoms with Gasteiger partial charge in [-0.25, -0.2) is 13.8 Å². The highest BCUT2D eigenvalue weighted by Gasteiger charge is 2.20. The van der Waals surface area contributed by atoms with Crippen LogP contribution in [0.1, 0.15) is 28.0 Å². The SMILES string of the molecule is COc1nc(C=O)cc(CN)c1C(F)F. The zero-order valence-electron chi connectivity index (χ0n) is 8.04. The molecule has 0 amide bonds. The topological polar surface area (TPSA) is 65.2 Å². The van der Waals surface area contributed by atoms with E-state index in [9.17, 15) is 13.6 Å². The van der Waals surface area contributed by atoms with E-state index in [0.29, 0.717) is 6.29 Å². The lowest BCUT2D eigenvalue weighted by Gasteiger charge is -2.11. The largest absolute Gasteiger partial charge is 0.481 e. The van der Waals surface area contributed by atoms with E-state index >= 15 is 0 Å². The van der Waals surface area contributed by atoms with Crippen molar-refractivity contribution in [1.29, 1.82) is 0 Å². The van der Waals surface area contributed by atoms with Gasteiger partial charge in [0.05, 0.1) is 12.7 Å². The maximum atomic E-state index is 12.6. The monoisotopic (exact) mass is 216 g/mol. The molecule has 1 rings (SSSR count). The first-order chi connectivity index (χ1) is 7.13. The second-order valence-electron chi connectivity index (χ2n) is 2.75. The van der Waals surface area contributed by atoms with Crippen LogP contribution in [0.2, 0.25) is 0 Å². The number of nitrogens with zero attached hydrogens (tertiary/aromatic N) is 1. The number of aldehydes is 1. The maximum Gasteiger partial charge on any atom is 0.269 e. The number of carbonyl (C=O) groups excluding carboxylic acids is 1. The van der Waals surface area contributed by atoms with Gasteiger partial charge in [0.25, 0.3) is 6.43 Å². The van der Waals surface area contributed by atoms with Crippen LogP contribution in [0.4, 0.5) is 8.78 Å². The maximum absolute atomic E-state index is 12.6. The third-order valence-corrected chi connectivity index (χ3v) is 1.88. The van der Waals surface area contributed by atoms with Gasteiger partial charge in [-0.1, -0.05) is 0 Å². The Morgan fingerprint density at radius 3 is 2.73 bits per heavy atom. The number of methoxy groups -OCH3 is 1. The average molecular weight is 216 g/mol. The smallest absolute Gasteiger partial charge is 0.269 e. The third kappa shape index (κ3) is 2.27. The molecule has 0 aromatic carbocycles. The van der Waals surface area contributed by atoms with Crippen LogP contribution in [0, 0.1) is 0 Å². The van der Waals surface area contributed by atoms with Crippen LogP contribution in [0.5, 0.6) is 5.88 Å². The number of ether oxygens (including phenoxy) is 1. The minimum absolute atomic E-state index is 0.0247. The molecule has 1 aromatic rings. The summed E-state index contributed by atoms with van der Waals surface area (Å²) in [5.74, 6) is -0.255. The molecule has 0 bridgehead atoms. The summed E-state index contributed by atoms with van der Waals surface area (Å²) in [4.78, 5) is 14.1. The molecule has 15 heavy (non-hydrogen) atoms. The van der Waals surface area contributed by atoms with Gasteiger partial charge in [0.15, 0.2) is 6.29 Å². The van der Waals surface area contributed by atoms with Crippen molar-refractivity contribution in [3.8, 4) is 5.88 Å². The van der Waals surface area contributed by atoms with E-state index in [-0.39, 0.29) is 29.2 Å². The zero-order chi connectivity index (χ0) is 11.4. The van der Waals surface area contributed by atoms with E-state index < -0.39 is 6.43 Å². The third-order valence-electron chi connectivity index (χ3n) is 1.88. The molecule has 0 radical (unpaired) electrons. The first kappa shape index (κ1) is 11.5. The predicted molar refractivity (Wildman–Crippen MR) is 49.0 cm³/mol. The molecule has 0 saturated carbocycles. The summed E-state index contributed by atoms with van der Waals surface area (Å²) in [6, 6.07) is 1.23. The Morgan fingerprint density at radius 2 is 2.33 bits per heavy atom. The molecule has 1 heterocycles. The summed E-state index contributed by atoms with van der Waals surface area (Å²) in [7, 11) is 1.21. The van der Waals surface area contributed by atoms with Crippen molar-refractivity contribution in [1.82, 2.24) is 4.98 Å². The van der Waals surface area contributed by atoms with E-state index in [1.54, 1.807) is 0 Å². The number of aromatic nitrogens is 1. The zero-order valence-corrected chi connectivity index (χ0v) is 8.04. The molecule has 82 valence electrons. The van der Waals surface area contributed by atoms with Gasteiger partial charge in [0.2, 0.25) is 5.88 Å². The van der Waals surface area contributed by atoms with Gasteiger partial charge < -0.3 is 10.5 Å². The fourth-order valence-corrected chi connectivity index (χ4v) is 1.22. The number of hydrogen-bond donors (Lipinski definition) is 1. The molecule has 0 saturated heterocycles. The summed E-state index contributed by atoms with van der Waals surface area (Å²) >= 11 is 0. The lowest BCUT2D eigenvalue weighted by atomic mass is 10.1. The number of pyridine rings is 1. The lowest BCUT2D eigenvalue weighted by Crippen LogP contribution is -2.08. The standard InChI is InChI=1S/C9H10F2N2O2/c1-15-9-7(8(10)11)5(3-12)2-6(4-14)13-9/h2,4,8H,3,12H2,1H3. The fourth-order valence-electron chi connectivity index (χ4n) is 1.22. The molecule has 1 aromatic heterocycles. The summed E-state index contributed by atoms with van der Waals surface area (Å²) in [6.07, 6.45) is -2.27. The Hall–Kier alpha value is -1.56. The molecular weight excluding hydrogens is 206 g/mol. The molecule has 0 atom stereocenters. The van der Waals surface area contributed by atoms with Crippen molar-refractivity contribution in [3.63, 3.8) is 0 Å². The van der Waals surface area contributed by atoms with Crippen LogP contribution in [0.15, 0.2) is 6.07 Å². The molecule has 0 aliphatic carbocycles. The van der Waals surface area contributed by atoms with E-state index in [1.807, 2.05) is 0 Å². The predicted octanol–water partition coefficient (Wildman–Crippen LogP) is 1.30. The highest BCUT2D eigenvalue weighted by Crippen LogP contribution is 2.30. The van der Waals surface area contributed by atoms with Crippen molar-refractivity contribution < 1.29 is 18.3 Å². The fraction of sp³-hybridized carbons (Fsp3) is 0.333. The van der Waals surface area contributed by atoms with Crippen LogP contribution in [0.25, 0.3) is 0 Å². The van der Waals surface area contributed by atoms with Crippen molar-refractivity contribution in [2.45, 2.75) is 13.0 Å². The van der Waals surface area contributed by atoms with E-state index in [0.717, 1.165) is 0 Å². The highest BCUT2D eigenvalue weighted by atomic mass is 19.3. The van der Waals surface area contributed by atoms with E-state index in [4.69, 9.17) is 5.73 Å². The van der Waals surface area contributed by atoms with Crippen molar-refractivity contribution >= 4 is 6.29 Å². The first-order valence-electron chi connectivity index (χ1n) is 4.15. The van der Waals surface area contributed by atoms with E-state index in [2.05, 4.69) is 9.72 Å². The number of halogens is 2. The number of alkyl halides is 2. The molecule has 0 aliphatic rings. The van der Waals surface area contributed by atoms with Gasteiger partial charge in [0, 0.05) is 6.54 Å². The van der Waals surface area contributed by atoms with Gasteiger partial charge >= 0.3 is 0 Å². The second-order valence-corrected chi connectivity index (χ2v) is 2.75. The van der Waals surface area contributed by atoms with Gasteiger partial charge in [-0.05, 0) is 11.6 Å². The van der Waals surface area contributed by atoms with Crippen LogP contribution in [0.3, 0.4) is 0 Å². The summed E-state index contributed by atoms with van der Waals surface area (Å²) < 4.78 is 30.0. The summed E-state index contributed by atoms with van der Waals surface area (Å²) in [5, 5.41) is 0. The van der Waals surface area contributed by atoms with Crippen LogP contribution in [-0.2, 0) is 6.54 Å². The normalized spacial score (nSPS) is 10.5. The first-order valence-corrected chi connectivity index (χ1v) is 4.15. The molecular formula is C9H10F2N2O2. The quantitative estimate of drug-likeness (QED) is 0.770. The van der Waals surface area contributed by atoms with E-state index in [1.165, 1.54) is 13.2 Å². The van der Waals surface area contributed by atoms with Gasteiger partial charge in [-0.3, -0.25) is 4.79 Å². The Balaban J connectivity index is 3.39. The minimum Gasteiger partial charge on any atom is -0.481 e. The number of hydrogen-bond acceptors (Lipinski definition) is 4. The molecule has 4 nitrogen and oxygen atoms in total. The van der Waals surface area contributed by atoms with Crippen LogP contribution < -0.4 is 10.5 Å². The lowest BCUT2D eigenvalue weighted by molar-refractivity contribution is 0.111. The molecule has 0 spiro atoms. The number of carbonyl (C=O) groups is 1. The van der Waals surface area contributed by atoms with Gasteiger partial charge in [-0.2, -0.15) is 0 Å². The highest BCUT2D eigenvalue weighted by molar-refractivity contribution is 5.72. The summed E-state index contributed by atoms with van der Waals surface area (Å²) in [6.45, 7) is -0.0978. The Bertz CT molecular complexity index is 344. The Kier molecular flexibility index (Phi) is 3.68. The molecule has 2 N–H and O–H groups in total. The molecule has 0 unspecified atom stereocenters. The van der Waals surface area contributed by atoms with Crippen molar-refractivity contribution in [2.24, 2.45) is 5.73 Å². The van der Waals surface area contributed by atoms with Crippen molar-refractivity contribution in [3.05, 3.63) is 22.9 Å². The number of rotatable bonds is 4. The number of nitrogens with two attached hydrogens (primary N) is 1.